The van der Waals surface area contributed by atoms with E-state index in [0.29, 0.717) is 11.4 Å². The predicted molar refractivity (Wildman–Crippen MR) is 65.3 cm³/mol. The maximum absolute atomic E-state index is 11.5. The van der Waals surface area contributed by atoms with Gasteiger partial charge in [0.2, 0.25) is 0 Å². The lowest BCUT2D eigenvalue weighted by Crippen LogP contribution is -2.10. The first-order valence-corrected chi connectivity index (χ1v) is 5.41. The van der Waals surface area contributed by atoms with Gasteiger partial charge in [0, 0.05) is 6.20 Å². The number of rotatable bonds is 4. The zero-order valence-electron chi connectivity index (χ0n) is 9.61. The van der Waals surface area contributed by atoms with Crippen molar-refractivity contribution in [2.45, 2.75) is 0 Å². The first-order valence-electron chi connectivity index (χ1n) is 5.41. The van der Waals surface area contributed by atoms with Crippen molar-refractivity contribution in [1.82, 2.24) is 9.78 Å². The topological polar surface area (TPSA) is 90.4 Å². The Morgan fingerprint density at radius 2 is 2.17 bits per heavy atom. The number of nitrogen functional groups attached to an aromatic ring is 1. The molecule has 18 heavy (non-hydrogen) atoms. The summed E-state index contributed by atoms with van der Waals surface area (Å²) in [5.41, 5.74) is 7.24. The van der Waals surface area contributed by atoms with Crippen LogP contribution in [-0.4, -0.2) is 34.1 Å². The van der Waals surface area contributed by atoms with E-state index in [1.807, 2.05) is 12.1 Å². The number of carbonyl (C=O) groups excluding carboxylic acids is 1. The van der Waals surface area contributed by atoms with E-state index in [1.54, 1.807) is 18.3 Å². The summed E-state index contributed by atoms with van der Waals surface area (Å²) < 4.78 is 6.27. The van der Waals surface area contributed by atoms with Crippen molar-refractivity contribution in [3.8, 4) is 5.69 Å². The highest BCUT2D eigenvalue weighted by atomic mass is 16.5. The molecule has 6 heteroatoms. The second kappa shape index (κ2) is 5.33. The van der Waals surface area contributed by atoms with Crippen LogP contribution in [0.25, 0.3) is 5.69 Å². The Morgan fingerprint density at radius 1 is 1.39 bits per heavy atom. The van der Waals surface area contributed by atoms with E-state index >= 15 is 0 Å². The Hall–Kier alpha value is -2.34. The Balaban J connectivity index is 2.21. The van der Waals surface area contributed by atoms with Gasteiger partial charge in [-0.05, 0) is 18.2 Å². The summed E-state index contributed by atoms with van der Waals surface area (Å²) in [6, 6.07) is 8.73. The van der Waals surface area contributed by atoms with Crippen LogP contribution in [0.3, 0.4) is 0 Å². The summed E-state index contributed by atoms with van der Waals surface area (Å²) in [7, 11) is 0. The van der Waals surface area contributed by atoms with Crippen molar-refractivity contribution in [3.05, 3.63) is 42.2 Å². The fraction of sp³-hybridized carbons (Fsp3) is 0.167. The fourth-order valence-corrected chi connectivity index (χ4v) is 1.48. The molecule has 0 saturated carbocycles. The van der Waals surface area contributed by atoms with Gasteiger partial charge in [0.25, 0.3) is 0 Å². The van der Waals surface area contributed by atoms with Gasteiger partial charge in [0.05, 0.1) is 18.0 Å². The molecular weight excluding hydrogens is 234 g/mol. The molecule has 2 aromatic rings. The van der Waals surface area contributed by atoms with E-state index in [0.717, 1.165) is 0 Å². The lowest BCUT2D eigenvalue weighted by molar-refractivity contribution is 0.0426. The number of hydrogen-bond acceptors (Lipinski definition) is 5. The molecule has 6 nitrogen and oxygen atoms in total. The van der Waals surface area contributed by atoms with Crippen LogP contribution in [-0.2, 0) is 4.74 Å². The average Bonchev–Trinajstić information content (AvgIpc) is 2.86. The number of hydrogen-bond donors (Lipinski definition) is 2. The van der Waals surface area contributed by atoms with Crippen molar-refractivity contribution in [3.63, 3.8) is 0 Å². The third-order valence-electron chi connectivity index (χ3n) is 2.31. The van der Waals surface area contributed by atoms with Crippen molar-refractivity contribution in [1.29, 1.82) is 0 Å². The smallest absolute Gasteiger partial charge is 0.358 e. The molecule has 0 radical (unpaired) electrons. The second-order valence-corrected chi connectivity index (χ2v) is 3.56. The minimum absolute atomic E-state index is 0.0425. The van der Waals surface area contributed by atoms with Crippen molar-refractivity contribution >= 4 is 11.7 Å². The van der Waals surface area contributed by atoms with Crippen LogP contribution in [0.4, 0.5) is 5.69 Å². The Kier molecular flexibility index (Phi) is 3.59. The van der Waals surface area contributed by atoms with Crippen molar-refractivity contribution in [2.75, 3.05) is 18.9 Å². The Labute approximate surface area is 104 Å². The standard InChI is InChI=1S/C12H13N3O3/c13-9-3-1-2-4-11(9)15-6-5-10(14-15)12(17)18-8-7-16/h1-6,16H,7-8,13H2. The van der Waals surface area contributed by atoms with Crippen LogP contribution in [0.2, 0.25) is 0 Å². The number of nitrogens with zero attached hydrogens (tertiary/aromatic N) is 2. The molecule has 0 saturated heterocycles. The molecule has 2 rings (SSSR count). The van der Waals surface area contributed by atoms with Gasteiger partial charge in [-0.15, -0.1) is 0 Å². The Morgan fingerprint density at radius 3 is 2.89 bits per heavy atom. The first-order chi connectivity index (χ1) is 8.72. The second-order valence-electron chi connectivity index (χ2n) is 3.56. The minimum Gasteiger partial charge on any atom is -0.458 e. The van der Waals surface area contributed by atoms with Gasteiger partial charge in [-0.2, -0.15) is 5.10 Å². The lowest BCUT2D eigenvalue weighted by atomic mass is 10.3. The number of benzene rings is 1. The number of ether oxygens (including phenoxy) is 1. The van der Waals surface area contributed by atoms with Gasteiger partial charge >= 0.3 is 5.97 Å². The van der Waals surface area contributed by atoms with Crippen molar-refractivity contribution in [2.24, 2.45) is 0 Å². The summed E-state index contributed by atoms with van der Waals surface area (Å²) in [6.45, 7) is -0.253. The average molecular weight is 247 g/mol. The molecule has 94 valence electrons. The molecule has 0 aliphatic rings. The summed E-state index contributed by atoms with van der Waals surface area (Å²) >= 11 is 0. The number of esters is 1. The number of aliphatic hydroxyl groups excluding tert-OH is 1. The predicted octanol–water partition coefficient (Wildman–Crippen LogP) is 0.604. The molecule has 1 heterocycles. The zero-order valence-corrected chi connectivity index (χ0v) is 9.61. The third-order valence-corrected chi connectivity index (χ3v) is 2.31. The summed E-state index contributed by atoms with van der Waals surface area (Å²) in [6.07, 6.45) is 1.63. The SMILES string of the molecule is Nc1ccccc1-n1ccc(C(=O)OCCO)n1. The molecule has 3 N–H and O–H groups in total. The largest absolute Gasteiger partial charge is 0.458 e. The number of aromatic nitrogens is 2. The number of nitrogens with two attached hydrogens (primary N) is 1. The van der Waals surface area contributed by atoms with Gasteiger partial charge in [0.15, 0.2) is 5.69 Å². The molecule has 0 aliphatic carbocycles. The van der Waals surface area contributed by atoms with E-state index in [2.05, 4.69) is 5.10 Å². The maximum Gasteiger partial charge on any atom is 0.358 e. The maximum atomic E-state index is 11.5. The molecular formula is C12H13N3O3. The molecule has 0 spiro atoms. The molecule has 0 atom stereocenters. The van der Waals surface area contributed by atoms with Gasteiger partial charge in [-0.3, -0.25) is 0 Å². The molecule has 0 aliphatic heterocycles. The quantitative estimate of drug-likeness (QED) is 0.610. The van der Waals surface area contributed by atoms with Crippen LogP contribution in [0.15, 0.2) is 36.5 Å². The van der Waals surface area contributed by atoms with Gasteiger partial charge in [0.1, 0.15) is 6.61 Å². The summed E-state index contributed by atoms with van der Waals surface area (Å²) in [5, 5.41) is 12.6. The highest BCUT2D eigenvalue weighted by Crippen LogP contribution is 2.15. The molecule has 0 fully saturated rings. The van der Waals surface area contributed by atoms with Gasteiger partial charge < -0.3 is 15.6 Å². The Bertz CT molecular complexity index is 551. The molecule has 1 aromatic carbocycles. The summed E-state index contributed by atoms with van der Waals surface area (Å²) in [4.78, 5) is 11.5. The van der Waals surface area contributed by atoms with Crippen LogP contribution in [0, 0.1) is 0 Å². The molecule has 0 unspecified atom stereocenters. The third kappa shape index (κ3) is 2.49. The normalized spacial score (nSPS) is 10.3. The number of carbonyl (C=O) groups is 1. The van der Waals surface area contributed by atoms with Gasteiger partial charge in [-0.1, -0.05) is 12.1 Å². The first kappa shape index (κ1) is 12.1. The van der Waals surface area contributed by atoms with Crippen LogP contribution in [0.1, 0.15) is 10.5 Å². The fourth-order valence-electron chi connectivity index (χ4n) is 1.48. The van der Waals surface area contributed by atoms with E-state index in [9.17, 15) is 4.79 Å². The lowest BCUT2D eigenvalue weighted by Gasteiger charge is -2.04. The number of aliphatic hydroxyl groups is 1. The van der Waals surface area contributed by atoms with E-state index < -0.39 is 5.97 Å². The van der Waals surface area contributed by atoms with E-state index in [1.165, 1.54) is 10.7 Å². The van der Waals surface area contributed by atoms with Gasteiger partial charge in [-0.25, -0.2) is 9.48 Å². The molecule has 0 bridgehead atoms. The van der Waals surface area contributed by atoms with Crippen LogP contribution >= 0.6 is 0 Å². The summed E-state index contributed by atoms with van der Waals surface area (Å²) in [5.74, 6) is -0.572. The molecule has 0 amide bonds. The monoisotopic (exact) mass is 247 g/mol. The van der Waals surface area contributed by atoms with E-state index in [-0.39, 0.29) is 18.9 Å². The van der Waals surface area contributed by atoms with Crippen LogP contribution in [0.5, 0.6) is 0 Å². The number of anilines is 1. The highest BCUT2D eigenvalue weighted by Gasteiger charge is 2.12. The zero-order chi connectivity index (χ0) is 13.0. The highest BCUT2D eigenvalue weighted by molar-refractivity contribution is 5.87. The van der Waals surface area contributed by atoms with E-state index in [4.69, 9.17) is 15.6 Å². The molecule has 1 aromatic heterocycles. The van der Waals surface area contributed by atoms with Crippen LogP contribution < -0.4 is 5.73 Å². The number of para-hydroxylation sites is 2. The van der Waals surface area contributed by atoms with Crippen molar-refractivity contribution < 1.29 is 14.6 Å². The minimum atomic E-state index is -0.572.